The van der Waals surface area contributed by atoms with Crippen molar-refractivity contribution in [3.63, 3.8) is 0 Å². The second kappa shape index (κ2) is 8.38. The number of nitrogen functional groups attached to an aromatic ring is 1. The maximum absolute atomic E-state index is 13.2. The Morgan fingerprint density at radius 3 is 2.50 bits per heavy atom. The molecule has 0 spiro atoms. The number of allylic oxidation sites excluding steroid dienone is 2. The molecule has 0 saturated carbocycles. The maximum Gasteiger partial charge on any atom is 0.330 e. The third-order valence-electron chi connectivity index (χ3n) is 4.46. The van der Waals surface area contributed by atoms with Crippen LogP contribution in [0.3, 0.4) is 0 Å². The number of hydrogen-bond donors (Lipinski definition) is 2. The molecule has 26 heavy (non-hydrogen) atoms. The number of H-pyrrole nitrogens is 1. The Labute approximate surface area is 153 Å². The summed E-state index contributed by atoms with van der Waals surface area (Å²) in [6, 6.07) is 0. The van der Waals surface area contributed by atoms with Gasteiger partial charge in [0.25, 0.3) is 5.56 Å². The highest BCUT2D eigenvalue weighted by atomic mass is 16.2. The van der Waals surface area contributed by atoms with Crippen LogP contribution < -0.4 is 21.9 Å². The van der Waals surface area contributed by atoms with Crippen molar-refractivity contribution in [2.24, 2.45) is 17.8 Å². The van der Waals surface area contributed by atoms with Crippen molar-refractivity contribution in [1.29, 1.82) is 0 Å². The molecule has 0 aliphatic heterocycles. The second-order valence-corrected chi connectivity index (χ2v) is 7.82. The van der Waals surface area contributed by atoms with Gasteiger partial charge in [-0.2, -0.15) is 0 Å². The van der Waals surface area contributed by atoms with Crippen LogP contribution in [-0.4, -0.2) is 22.0 Å². The van der Waals surface area contributed by atoms with Gasteiger partial charge in [0, 0.05) is 19.0 Å². The van der Waals surface area contributed by atoms with Gasteiger partial charge in [-0.05, 0) is 31.1 Å². The van der Waals surface area contributed by atoms with Gasteiger partial charge in [-0.1, -0.05) is 39.8 Å². The number of anilines is 2. The van der Waals surface area contributed by atoms with Crippen LogP contribution in [0.15, 0.2) is 21.7 Å². The summed E-state index contributed by atoms with van der Waals surface area (Å²) in [5.41, 5.74) is 5.16. The van der Waals surface area contributed by atoms with Crippen LogP contribution in [-0.2, 0) is 11.3 Å². The summed E-state index contributed by atoms with van der Waals surface area (Å²) in [4.78, 5) is 41.7. The quantitative estimate of drug-likeness (QED) is 0.757. The van der Waals surface area contributed by atoms with Crippen molar-refractivity contribution in [2.75, 3.05) is 17.2 Å². The number of nitrogens with zero attached hydrogens (tertiary/aromatic N) is 2. The Morgan fingerprint density at radius 2 is 1.96 bits per heavy atom. The third kappa shape index (κ3) is 4.45. The first-order valence-corrected chi connectivity index (χ1v) is 9.31. The highest BCUT2D eigenvalue weighted by molar-refractivity contribution is 5.97. The molecular formula is C19H30N4O3. The van der Waals surface area contributed by atoms with Crippen LogP contribution in [0.1, 0.15) is 47.0 Å². The molecule has 0 radical (unpaired) electrons. The van der Waals surface area contributed by atoms with Crippen molar-refractivity contribution in [2.45, 2.75) is 53.5 Å². The SMILES string of the molecule is CC(C)CN(C(=O)C1CC=CCC1)c1c(N)n(CC(C)C)c(=O)[nH]c1=O. The molecule has 1 atom stereocenters. The van der Waals surface area contributed by atoms with Gasteiger partial charge < -0.3 is 10.6 Å². The summed E-state index contributed by atoms with van der Waals surface area (Å²) in [6.45, 7) is 8.64. The van der Waals surface area contributed by atoms with E-state index in [2.05, 4.69) is 11.1 Å². The summed E-state index contributed by atoms with van der Waals surface area (Å²) in [7, 11) is 0. The first-order valence-electron chi connectivity index (χ1n) is 9.31. The molecule has 0 saturated heterocycles. The summed E-state index contributed by atoms with van der Waals surface area (Å²) in [5, 5.41) is 0. The number of carbonyl (C=O) groups is 1. The number of nitrogens with two attached hydrogens (primary N) is 1. The molecule has 1 unspecified atom stereocenters. The number of aromatic nitrogens is 2. The number of rotatable bonds is 6. The van der Waals surface area contributed by atoms with Crippen LogP contribution in [0.4, 0.5) is 11.5 Å². The molecule has 3 N–H and O–H groups in total. The van der Waals surface area contributed by atoms with Crippen molar-refractivity contribution in [3.8, 4) is 0 Å². The Kier molecular flexibility index (Phi) is 6.45. The lowest BCUT2D eigenvalue weighted by Crippen LogP contribution is -2.45. The number of hydrogen-bond acceptors (Lipinski definition) is 4. The van der Waals surface area contributed by atoms with Gasteiger partial charge in [-0.3, -0.25) is 19.1 Å². The molecule has 144 valence electrons. The fourth-order valence-corrected chi connectivity index (χ4v) is 3.28. The van der Waals surface area contributed by atoms with Gasteiger partial charge in [0.2, 0.25) is 5.91 Å². The van der Waals surface area contributed by atoms with Gasteiger partial charge in [-0.25, -0.2) is 4.79 Å². The van der Waals surface area contributed by atoms with Crippen LogP contribution in [0, 0.1) is 17.8 Å². The summed E-state index contributed by atoms with van der Waals surface area (Å²) in [6.07, 6.45) is 6.35. The van der Waals surface area contributed by atoms with Gasteiger partial charge >= 0.3 is 5.69 Å². The molecule has 0 fully saturated rings. The molecule has 1 aromatic heterocycles. The first-order chi connectivity index (χ1) is 12.2. The van der Waals surface area contributed by atoms with Crippen LogP contribution in [0.25, 0.3) is 0 Å². The number of aromatic amines is 1. The zero-order valence-electron chi connectivity index (χ0n) is 16.1. The molecule has 1 aliphatic rings. The fourth-order valence-electron chi connectivity index (χ4n) is 3.28. The van der Waals surface area contributed by atoms with Gasteiger partial charge in [0.15, 0.2) is 5.69 Å². The Hall–Kier alpha value is -2.31. The standard InChI is InChI=1S/C19H30N4O3/c1-12(2)10-22(18(25)14-8-6-5-7-9-14)15-16(20)23(11-13(3)4)19(26)21-17(15)24/h5-6,12-14H,7-11,20H2,1-4H3,(H,21,24,26). The second-order valence-electron chi connectivity index (χ2n) is 7.82. The van der Waals surface area contributed by atoms with E-state index < -0.39 is 11.2 Å². The molecule has 1 aromatic rings. The van der Waals surface area contributed by atoms with E-state index in [1.54, 1.807) is 0 Å². The normalized spacial score (nSPS) is 17.1. The number of amides is 1. The third-order valence-corrected chi connectivity index (χ3v) is 4.46. The highest BCUT2D eigenvalue weighted by Crippen LogP contribution is 2.26. The topological polar surface area (TPSA) is 101 Å². The smallest absolute Gasteiger partial charge is 0.330 e. The molecule has 7 heteroatoms. The zero-order chi connectivity index (χ0) is 19.4. The predicted octanol–water partition coefficient (Wildman–Crippen LogP) is 2.12. The van der Waals surface area contributed by atoms with Crippen LogP contribution in [0.5, 0.6) is 0 Å². The average Bonchev–Trinajstić information content (AvgIpc) is 2.57. The van der Waals surface area contributed by atoms with Crippen molar-refractivity contribution >= 4 is 17.4 Å². The molecule has 1 aliphatic carbocycles. The van der Waals surface area contributed by atoms with E-state index >= 15 is 0 Å². The maximum atomic E-state index is 13.2. The molecule has 0 bridgehead atoms. The zero-order valence-corrected chi connectivity index (χ0v) is 16.1. The molecule has 2 rings (SSSR count). The van der Waals surface area contributed by atoms with Crippen molar-refractivity contribution in [1.82, 2.24) is 9.55 Å². The minimum atomic E-state index is -0.604. The van der Waals surface area contributed by atoms with Crippen LogP contribution in [0.2, 0.25) is 0 Å². The lowest BCUT2D eigenvalue weighted by molar-refractivity contribution is -0.122. The molecule has 1 amide bonds. The van der Waals surface area contributed by atoms with Gasteiger partial charge in [-0.15, -0.1) is 0 Å². The number of nitrogens with one attached hydrogen (secondary N) is 1. The van der Waals surface area contributed by atoms with Gasteiger partial charge in [0.05, 0.1) is 0 Å². The lowest BCUT2D eigenvalue weighted by atomic mass is 9.92. The summed E-state index contributed by atoms with van der Waals surface area (Å²) < 4.78 is 1.35. The van der Waals surface area contributed by atoms with Crippen molar-refractivity contribution in [3.05, 3.63) is 33.0 Å². The monoisotopic (exact) mass is 362 g/mol. The minimum Gasteiger partial charge on any atom is -0.383 e. The van der Waals surface area contributed by atoms with E-state index in [1.807, 2.05) is 33.8 Å². The molecule has 7 nitrogen and oxygen atoms in total. The van der Waals surface area contributed by atoms with E-state index in [1.165, 1.54) is 9.47 Å². The average molecular weight is 362 g/mol. The predicted molar refractivity (Wildman–Crippen MR) is 104 cm³/mol. The van der Waals surface area contributed by atoms with Crippen LogP contribution >= 0.6 is 0 Å². The van der Waals surface area contributed by atoms with E-state index in [0.29, 0.717) is 19.5 Å². The molecule has 0 aromatic carbocycles. The minimum absolute atomic E-state index is 0.0628. The Balaban J connectivity index is 2.53. The highest BCUT2D eigenvalue weighted by Gasteiger charge is 2.30. The summed E-state index contributed by atoms with van der Waals surface area (Å²) >= 11 is 0. The lowest BCUT2D eigenvalue weighted by Gasteiger charge is -2.30. The fraction of sp³-hybridized carbons (Fsp3) is 0.632. The molecule has 1 heterocycles. The largest absolute Gasteiger partial charge is 0.383 e. The molecular weight excluding hydrogens is 332 g/mol. The Bertz CT molecular complexity index is 789. The van der Waals surface area contributed by atoms with E-state index in [9.17, 15) is 14.4 Å². The number of carbonyl (C=O) groups excluding carboxylic acids is 1. The van der Waals surface area contributed by atoms with Crippen molar-refractivity contribution < 1.29 is 4.79 Å². The Morgan fingerprint density at radius 1 is 1.27 bits per heavy atom. The van der Waals surface area contributed by atoms with E-state index in [0.717, 1.165) is 12.8 Å². The summed E-state index contributed by atoms with van der Waals surface area (Å²) in [5.74, 6) is 0.125. The van der Waals surface area contributed by atoms with E-state index in [4.69, 9.17) is 5.73 Å². The van der Waals surface area contributed by atoms with E-state index in [-0.39, 0.29) is 35.2 Å². The first kappa shape index (κ1) is 20.0. The van der Waals surface area contributed by atoms with Gasteiger partial charge in [0.1, 0.15) is 5.82 Å².